The minimum atomic E-state index is -0.878. The number of H-pyrrole nitrogens is 2. The van der Waals surface area contributed by atoms with Crippen molar-refractivity contribution in [3.8, 4) is 40.0 Å². The van der Waals surface area contributed by atoms with Crippen LogP contribution in [-0.4, -0.2) is 52.6 Å². The molecule has 2 unspecified atom stereocenters. The van der Waals surface area contributed by atoms with Gasteiger partial charge in [-0.3, -0.25) is 24.5 Å². The van der Waals surface area contributed by atoms with E-state index in [0.29, 0.717) is 49.9 Å². The lowest BCUT2D eigenvalue weighted by Gasteiger charge is -2.19. The maximum absolute atomic E-state index is 13.0. The summed E-state index contributed by atoms with van der Waals surface area (Å²) in [5.74, 6) is 0.368. The van der Waals surface area contributed by atoms with Crippen LogP contribution in [0.25, 0.3) is 33.7 Å². The number of nitrogens with zero attached hydrogens (tertiary/aromatic N) is 5. The number of nitrogens with one attached hydrogen (secondary N) is 4. The Kier molecular flexibility index (Phi) is 14.4. The molecule has 4 aromatic carbocycles. The second kappa shape index (κ2) is 20.2. The third-order valence-electron chi connectivity index (χ3n) is 10.9. The summed E-state index contributed by atoms with van der Waals surface area (Å²) in [6.45, 7) is 10.9. The number of ether oxygens (including phenoxy) is 2. The standard InChI is InChI=1S/C26H24BrN5O4.C23H20Cl2N4O3/c1-5-19(36-20-10-9-14(2)11-15(20)3)24(33)29-17-8-6-7-16(12-17)21-18(13-28)32-23(22(21)27)30-25(34)31(4)26(32)35;1-12-9-10-17(16(24)11-12)32-14(3)22(30)27-20-13(2)23(31)29-21(26-20)18(25)19(28-29)15-7-5-4-6-8-15/h6-12,19H,5H2,1-4H3,(H,29,33)(H,30,34);4-11,14,28H,1-3H3,(H,27,30). The molecular formula is C49H44BrCl2N9O7. The first kappa shape index (κ1) is 48.5. The number of rotatable bonds is 11. The molecule has 0 saturated heterocycles. The third-order valence-corrected chi connectivity index (χ3v) is 12.3. The number of carbonyl (C=O) groups is 2. The van der Waals surface area contributed by atoms with E-state index in [-0.39, 0.29) is 44.9 Å². The topological polar surface area (TPSA) is 210 Å². The van der Waals surface area contributed by atoms with Crippen LogP contribution in [0.1, 0.15) is 48.2 Å². The van der Waals surface area contributed by atoms with E-state index >= 15 is 0 Å². The van der Waals surface area contributed by atoms with Gasteiger partial charge in [0.25, 0.3) is 17.4 Å². The summed E-state index contributed by atoms with van der Waals surface area (Å²) in [7, 11) is 1.33. The number of aromatic nitrogens is 6. The van der Waals surface area contributed by atoms with E-state index in [1.54, 1.807) is 50.2 Å². The first-order valence-electron chi connectivity index (χ1n) is 21.1. The van der Waals surface area contributed by atoms with Crippen molar-refractivity contribution in [3.63, 3.8) is 0 Å². The summed E-state index contributed by atoms with van der Waals surface area (Å²) < 4.78 is 15.4. The Balaban J connectivity index is 0.000000203. The van der Waals surface area contributed by atoms with Gasteiger partial charge >= 0.3 is 11.4 Å². The summed E-state index contributed by atoms with van der Waals surface area (Å²) in [4.78, 5) is 70.5. The number of aryl methyl sites for hydroxylation is 3. The molecule has 0 aliphatic rings. The van der Waals surface area contributed by atoms with Crippen LogP contribution >= 0.6 is 39.1 Å². The number of carbonyl (C=O) groups excluding carboxylic acids is 2. The lowest BCUT2D eigenvalue weighted by Crippen LogP contribution is -2.37. The molecule has 8 rings (SSSR count). The number of anilines is 2. The Morgan fingerprint density at radius 2 is 1.54 bits per heavy atom. The number of fused-ring (bicyclic) bond motifs is 2. The second-order valence-electron chi connectivity index (χ2n) is 15.9. The summed E-state index contributed by atoms with van der Waals surface area (Å²) in [6.07, 6.45) is -1.12. The van der Waals surface area contributed by atoms with E-state index in [9.17, 15) is 29.2 Å². The predicted octanol–water partition coefficient (Wildman–Crippen LogP) is 9.06. The first-order chi connectivity index (χ1) is 32.4. The van der Waals surface area contributed by atoms with Gasteiger partial charge in [-0.15, -0.1) is 0 Å². The Morgan fingerprint density at radius 1 is 0.868 bits per heavy atom. The average molecular weight is 1020 g/mol. The molecule has 19 heteroatoms. The van der Waals surface area contributed by atoms with Crippen molar-refractivity contribution in [3.05, 3.63) is 165 Å². The van der Waals surface area contributed by atoms with Gasteiger partial charge in [0.15, 0.2) is 17.9 Å². The highest BCUT2D eigenvalue weighted by molar-refractivity contribution is 9.10. The molecule has 0 bridgehead atoms. The van der Waals surface area contributed by atoms with E-state index < -0.39 is 29.5 Å². The Morgan fingerprint density at radius 3 is 2.21 bits per heavy atom. The average Bonchev–Trinajstić information content (AvgIpc) is 3.80. The highest BCUT2D eigenvalue weighted by Gasteiger charge is 2.25. The van der Waals surface area contributed by atoms with Gasteiger partial charge < -0.3 is 20.1 Å². The van der Waals surface area contributed by atoms with E-state index in [4.69, 9.17) is 32.7 Å². The Labute approximate surface area is 407 Å². The van der Waals surface area contributed by atoms with Gasteiger partial charge in [0.1, 0.15) is 39.7 Å². The lowest BCUT2D eigenvalue weighted by molar-refractivity contribution is -0.123. The van der Waals surface area contributed by atoms with Crippen molar-refractivity contribution in [2.75, 3.05) is 10.6 Å². The predicted molar refractivity (Wildman–Crippen MR) is 266 cm³/mol. The Bertz CT molecular complexity index is 3500. The molecule has 0 aliphatic heterocycles. The monoisotopic (exact) mass is 1020 g/mol. The van der Waals surface area contributed by atoms with Crippen LogP contribution in [0.3, 0.4) is 0 Å². The fraction of sp³-hybridized carbons (Fsp3) is 0.204. The molecule has 4 aromatic heterocycles. The zero-order chi connectivity index (χ0) is 49.1. The molecule has 0 radical (unpaired) electrons. The number of amides is 2. The van der Waals surface area contributed by atoms with Crippen LogP contribution in [0.2, 0.25) is 10.0 Å². The molecule has 2 atom stereocenters. The number of hydrogen-bond acceptors (Lipinski definition) is 9. The maximum atomic E-state index is 13.0. The van der Waals surface area contributed by atoms with Gasteiger partial charge in [-0.05, 0) is 104 Å². The molecule has 2 amide bonds. The van der Waals surface area contributed by atoms with Crippen LogP contribution in [0, 0.1) is 39.0 Å². The number of nitriles is 1. The number of halogens is 3. The van der Waals surface area contributed by atoms with Crippen molar-refractivity contribution in [1.82, 2.24) is 28.5 Å². The minimum absolute atomic E-state index is 0.0572. The van der Waals surface area contributed by atoms with Crippen molar-refractivity contribution >= 4 is 73.7 Å². The third kappa shape index (κ3) is 9.84. The molecule has 0 spiro atoms. The van der Waals surface area contributed by atoms with Crippen LogP contribution in [0.4, 0.5) is 11.5 Å². The second-order valence-corrected chi connectivity index (χ2v) is 17.4. The molecule has 348 valence electrons. The molecule has 4 heterocycles. The smallest absolute Gasteiger partial charge is 0.338 e. The van der Waals surface area contributed by atoms with Crippen LogP contribution in [0.5, 0.6) is 11.5 Å². The summed E-state index contributed by atoms with van der Waals surface area (Å²) in [5.41, 5.74) is 4.99. The zero-order valence-electron chi connectivity index (χ0n) is 37.7. The summed E-state index contributed by atoms with van der Waals surface area (Å²) in [6, 6.07) is 29.4. The van der Waals surface area contributed by atoms with Crippen molar-refractivity contribution in [1.29, 1.82) is 5.26 Å². The maximum Gasteiger partial charge on any atom is 0.338 e. The molecule has 8 aromatic rings. The highest BCUT2D eigenvalue weighted by Crippen LogP contribution is 2.37. The highest BCUT2D eigenvalue weighted by atomic mass is 79.9. The normalized spacial score (nSPS) is 11.9. The fourth-order valence-corrected chi connectivity index (χ4v) is 8.48. The molecule has 0 fully saturated rings. The zero-order valence-corrected chi connectivity index (χ0v) is 40.8. The van der Waals surface area contributed by atoms with Crippen LogP contribution < -0.4 is 37.0 Å². The lowest BCUT2D eigenvalue weighted by atomic mass is 10.1. The van der Waals surface area contributed by atoms with Crippen LogP contribution in [-0.2, 0) is 16.6 Å². The largest absolute Gasteiger partial charge is 0.480 e. The molecular weight excluding hydrogens is 977 g/mol. The molecule has 0 aliphatic carbocycles. The molecule has 68 heavy (non-hydrogen) atoms. The van der Waals surface area contributed by atoms with Gasteiger partial charge in [0.2, 0.25) is 0 Å². The van der Waals surface area contributed by atoms with E-state index in [0.717, 1.165) is 31.2 Å². The summed E-state index contributed by atoms with van der Waals surface area (Å²) >= 11 is 16.1. The van der Waals surface area contributed by atoms with Crippen molar-refractivity contribution in [2.45, 2.75) is 60.2 Å². The number of hydrogen-bond donors (Lipinski definition) is 4. The minimum Gasteiger partial charge on any atom is -0.480 e. The quantitative estimate of drug-likeness (QED) is 0.0973. The van der Waals surface area contributed by atoms with Gasteiger partial charge in [-0.2, -0.15) is 9.78 Å². The molecule has 4 N–H and O–H groups in total. The van der Waals surface area contributed by atoms with Gasteiger partial charge in [-0.25, -0.2) is 23.5 Å². The van der Waals surface area contributed by atoms with Crippen molar-refractivity contribution in [2.24, 2.45) is 7.05 Å². The van der Waals surface area contributed by atoms with Gasteiger partial charge in [0.05, 0.1) is 20.8 Å². The number of benzene rings is 4. The van der Waals surface area contributed by atoms with E-state index in [1.165, 1.54) is 11.6 Å². The first-order valence-corrected chi connectivity index (χ1v) is 22.7. The van der Waals surface area contributed by atoms with Crippen molar-refractivity contribution < 1.29 is 19.1 Å². The van der Waals surface area contributed by atoms with E-state index in [1.807, 2.05) is 82.3 Å². The SMILES string of the molecule is CCC(Oc1ccc(C)cc1C)C(=O)Nc1cccc(-c2c(Br)c3[nH]c(=O)n(C)c(=O)n3c2C#N)c1.Cc1ccc(OC(C)C(=O)Nc2nc3c(Cl)c(-c4ccccc4)[nH]n3c(=O)c2C)c(Cl)c1. The number of aromatic amines is 2. The van der Waals surface area contributed by atoms with Crippen LogP contribution in [0.15, 0.2) is 110 Å². The molecule has 0 saturated carbocycles. The molecule has 16 nitrogen and oxygen atoms in total. The van der Waals surface area contributed by atoms with Gasteiger partial charge in [0, 0.05) is 23.9 Å². The van der Waals surface area contributed by atoms with Gasteiger partial charge in [-0.1, -0.05) is 96.4 Å². The summed E-state index contributed by atoms with van der Waals surface area (Å²) in [5, 5.41) is 19.1. The fourth-order valence-electron chi connectivity index (χ4n) is 7.23. The Hall–Kier alpha value is -7.39. The van der Waals surface area contributed by atoms with E-state index in [2.05, 4.69) is 47.7 Å².